The van der Waals surface area contributed by atoms with E-state index in [1.165, 1.54) is 0 Å². The van der Waals surface area contributed by atoms with Gasteiger partial charge >= 0.3 is 0 Å². The first-order valence-corrected chi connectivity index (χ1v) is 9.19. The number of hydrogen-bond acceptors (Lipinski definition) is 3. The lowest BCUT2D eigenvalue weighted by Crippen LogP contribution is -2.31. The molecule has 3 heterocycles. The van der Waals surface area contributed by atoms with Crippen LogP contribution in [0.2, 0.25) is 0 Å². The number of aromatic nitrogens is 1. The van der Waals surface area contributed by atoms with Crippen LogP contribution in [0.3, 0.4) is 0 Å². The van der Waals surface area contributed by atoms with Crippen LogP contribution in [0.1, 0.15) is 40.1 Å². The van der Waals surface area contributed by atoms with Crippen molar-refractivity contribution in [3.05, 3.63) is 40.5 Å². The minimum Gasteiger partial charge on any atom is -0.352 e. The Kier molecular flexibility index (Phi) is 5.04. The molecule has 0 atom stereocenters. The maximum absolute atomic E-state index is 12.7. The Morgan fingerprint density at radius 1 is 1.29 bits per heavy atom. The summed E-state index contributed by atoms with van der Waals surface area (Å²) in [6, 6.07) is 3.91. The van der Waals surface area contributed by atoms with Gasteiger partial charge in [0.05, 0.1) is 5.56 Å². The first-order valence-electron chi connectivity index (χ1n) is 8.37. The second kappa shape index (κ2) is 7.21. The maximum atomic E-state index is 12.7. The quantitative estimate of drug-likeness (QED) is 0.819. The minimum absolute atomic E-state index is 0.0340. The molecule has 2 amide bonds. The predicted molar refractivity (Wildman–Crippen MR) is 95.9 cm³/mol. The van der Waals surface area contributed by atoms with Gasteiger partial charge in [0.2, 0.25) is 5.91 Å². The number of nitrogens with zero attached hydrogens (tertiary/aromatic N) is 2. The first-order chi connectivity index (χ1) is 11.6. The van der Waals surface area contributed by atoms with Crippen LogP contribution in [-0.2, 0) is 4.79 Å². The number of aryl methyl sites for hydroxylation is 1. The number of likely N-dealkylation sites (tertiary alicyclic amines) is 1. The molecule has 2 aromatic heterocycles. The second-order valence-electron chi connectivity index (χ2n) is 6.15. The highest BCUT2D eigenvalue weighted by molar-refractivity contribution is 7.15. The van der Waals surface area contributed by atoms with E-state index in [4.69, 9.17) is 0 Å². The third-order valence-corrected chi connectivity index (χ3v) is 5.72. The molecule has 6 heteroatoms. The summed E-state index contributed by atoms with van der Waals surface area (Å²) in [5.74, 6) is 0.203. The first kappa shape index (κ1) is 16.8. The fourth-order valence-electron chi connectivity index (χ4n) is 3.03. The van der Waals surface area contributed by atoms with E-state index in [1.807, 2.05) is 47.8 Å². The van der Waals surface area contributed by atoms with Gasteiger partial charge in [0.25, 0.3) is 5.91 Å². The summed E-state index contributed by atoms with van der Waals surface area (Å²) in [4.78, 5) is 27.3. The van der Waals surface area contributed by atoms with Crippen LogP contribution in [0, 0.1) is 13.8 Å². The van der Waals surface area contributed by atoms with Crippen molar-refractivity contribution < 1.29 is 9.59 Å². The lowest BCUT2D eigenvalue weighted by atomic mass is 10.1. The number of amides is 2. The SMILES string of the molecule is Cc1sc(-n2cccc2)c(C(=O)NCCCN2CCCC2=O)c1C. The van der Waals surface area contributed by atoms with Crippen molar-refractivity contribution in [1.82, 2.24) is 14.8 Å². The van der Waals surface area contributed by atoms with Gasteiger partial charge < -0.3 is 14.8 Å². The van der Waals surface area contributed by atoms with Crippen LogP contribution in [0.4, 0.5) is 0 Å². The van der Waals surface area contributed by atoms with Crippen molar-refractivity contribution in [1.29, 1.82) is 0 Å². The Morgan fingerprint density at radius 2 is 2.04 bits per heavy atom. The summed E-state index contributed by atoms with van der Waals surface area (Å²) in [6.45, 7) is 6.21. The Balaban J connectivity index is 1.62. The average Bonchev–Trinajstić information content (AvgIpc) is 3.27. The Labute approximate surface area is 146 Å². The summed E-state index contributed by atoms with van der Waals surface area (Å²) in [5, 5.41) is 3.97. The van der Waals surface area contributed by atoms with Gasteiger partial charge in [0, 0.05) is 43.3 Å². The number of carbonyl (C=O) groups excluding carboxylic acids is 2. The molecule has 1 aliphatic heterocycles. The van der Waals surface area contributed by atoms with Crippen molar-refractivity contribution in [2.75, 3.05) is 19.6 Å². The van der Waals surface area contributed by atoms with Crippen molar-refractivity contribution in [3.8, 4) is 5.00 Å². The molecular formula is C18H23N3O2S. The van der Waals surface area contributed by atoms with Gasteiger partial charge in [-0.2, -0.15) is 0 Å². The molecule has 1 saturated heterocycles. The van der Waals surface area contributed by atoms with Crippen LogP contribution in [0.15, 0.2) is 24.5 Å². The zero-order valence-electron chi connectivity index (χ0n) is 14.2. The summed E-state index contributed by atoms with van der Waals surface area (Å²) < 4.78 is 1.99. The molecule has 0 aliphatic carbocycles. The molecule has 5 nitrogen and oxygen atoms in total. The largest absolute Gasteiger partial charge is 0.352 e. The van der Waals surface area contributed by atoms with Gasteiger partial charge in [-0.25, -0.2) is 0 Å². The van der Waals surface area contributed by atoms with Gasteiger partial charge in [-0.15, -0.1) is 11.3 Å². The molecule has 0 bridgehead atoms. The van der Waals surface area contributed by atoms with Gasteiger partial charge in [-0.05, 0) is 44.4 Å². The number of carbonyl (C=O) groups is 2. The number of hydrogen-bond donors (Lipinski definition) is 1. The van der Waals surface area contributed by atoms with E-state index < -0.39 is 0 Å². The maximum Gasteiger partial charge on any atom is 0.254 e. The van der Waals surface area contributed by atoms with Crippen LogP contribution in [0.25, 0.3) is 5.00 Å². The van der Waals surface area contributed by atoms with E-state index in [1.54, 1.807) is 11.3 Å². The molecule has 128 valence electrons. The minimum atomic E-state index is -0.0340. The van der Waals surface area contributed by atoms with E-state index in [-0.39, 0.29) is 11.8 Å². The van der Waals surface area contributed by atoms with Crippen LogP contribution in [0.5, 0.6) is 0 Å². The summed E-state index contributed by atoms with van der Waals surface area (Å²) in [7, 11) is 0. The topological polar surface area (TPSA) is 54.3 Å². The van der Waals surface area contributed by atoms with Crippen molar-refractivity contribution in [2.24, 2.45) is 0 Å². The molecule has 0 saturated carbocycles. The number of nitrogens with one attached hydrogen (secondary N) is 1. The van der Waals surface area contributed by atoms with Gasteiger partial charge in [0.15, 0.2) is 0 Å². The smallest absolute Gasteiger partial charge is 0.254 e. The van der Waals surface area contributed by atoms with Crippen molar-refractivity contribution in [2.45, 2.75) is 33.1 Å². The molecule has 0 aromatic carbocycles. The van der Waals surface area contributed by atoms with Crippen LogP contribution in [-0.4, -0.2) is 40.9 Å². The Morgan fingerprint density at radius 3 is 2.71 bits per heavy atom. The molecular weight excluding hydrogens is 322 g/mol. The van der Waals surface area contributed by atoms with E-state index in [0.717, 1.165) is 46.9 Å². The van der Waals surface area contributed by atoms with Crippen LogP contribution < -0.4 is 5.32 Å². The number of thiophene rings is 1. The summed E-state index contributed by atoms with van der Waals surface area (Å²) in [6.07, 6.45) is 6.33. The molecule has 1 aliphatic rings. The van der Waals surface area contributed by atoms with Crippen LogP contribution >= 0.6 is 11.3 Å². The molecule has 0 spiro atoms. The molecule has 2 aromatic rings. The Bertz CT molecular complexity index is 734. The monoisotopic (exact) mass is 345 g/mol. The molecule has 1 N–H and O–H groups in total. The van der Waals surface area contributed by atoms with Crippen molar-refractivity contribution in [3.63, 3.8) is 0 Å². The van der Waals surface area contributed by atoms with Gasteiger partial charge in [-0.3, -0.25) is 9.59 Å². The molecule has 0 unspecified atom stereocenters. The van der Waals surface area contributed by atoms with E-state index in [9.17, 15) is 9.59 Å². The van der Waals surface area contributed by atoms with E-state index in [0.29, 0.717) is 13.0 Å². The number of rotatable bonds is 6. The fourth-order valence-corrected chi connectivity index (χ4v) is 4.15. The normalized spacial score (nSPS) is 14.4. The summed E-state index contributed by atoms with van der Waals surface area (Å²) >= 11 is 1.64. The van der Waals surface area contributed by atoms with E-state index in [2.05, 4.69) is 5.32 Å². The highest BCUT2D eigenvalue weighted by Gasteiger charge is 2.21. The van der Waals surface area contributed by atoms with Crippen molar-refractivity contribution >= 4 is 23.2 Å². The Hall–Kier alpha value is -2.08. The third-order valence-electron chi connectivity index (χ3n) is 4.49. The van der Waals surface area contributed by atoms with Gasteiger partial charge in [-0.1, -0.05) is 0 Å². The average molecular weight is 345 g/mol. The van der Waals surface area contributed by atoms with E-state index >= 15 is 0 Å². The molecule has 1 fully saturated rings. The molecule has 0 radical (unpaired) electrons. The standard InChI is InChI=1S/C18H23N3O2S/c1-13-14(2)24-18(21-9-3-4-10-21)16(13)17(23)19-8-6-12-20-11-5-7-15(20)22/h3-4,9-10H,5-8,11-12H2,1-2H3,(H,19,23). The summed E-state index contributed by atoms with van der Waals surface area (Å²) in [5.41, 5.74) is 1.79. The highest BCUT2D eigenvalue weighted by Crippen LogP contribution is 2.30. The highest BCUT2D eigenvalue weighted by atomic mass is 32.1. The predicted octanol–water partition coefficient (Wildman–Crippen LogP) is 2.90. The molecule has 3 rings (SSSR count). The lowest BCUT2D eigenvalue weighted by molar-refractivity contribution is -0.127. The van der Waals surface area contributed by atoms with Gasteiger partial charge in [0.1, 0.15) is 5.00 Å². The zero-order chi connectivity index (χ0) is 17.1. The molecule has 24 heavy (non-hydrogen) atoms. The fraction of sp³-hybridized carbons (Fsp3) is 0.444. The zero-order valence-corrected chi connectivity index (χ0v) is 15.0. The third kappa shape index (κ3) is 3.38. The second-order valence-corrected chi connectivity index (χ2v) is 7.35. The lowest BCUT2D eigenvalue weighted by Gasteiger charge is -2.15.